The van der Waals surface area contributed by atoms with E-state index in [-0.39, 0.29) is 0 Å². The summed E-state index contributed by atoms with van der Waals surface area (Å²) >= 11 is 0. The molecular weight excluding hydrogens is 212 g/mol. The summed E-state index contributed by atoms with van der Waals surface area (Å²) in [5.41, 5.74) is 0.516. The van der Waals surface area contributed by atoms with Gasteiger partial charge in [0.25, 0.3) is 0 Å². The van der Waals surface area contributed by atoms with Crippen molar-refractivity contribution < 1.29 is 0 Å². The number of hydrogen-bond donors (Lipinski definition) is 2. The van der Waals surface area contributed by atoms with Gasteiger partial charge in [-0.3, -0.25) is 5.10 Å². The molecule has 0 amide bonds. The predicted octanol–water partition coefficient (Wildman–Crippen LogP) is 2.15. The molecule has 1 heterocycles. The van der Waals surface area contributed by atoms with E-state index in [0.717, 1.165) is 31.1 Å². The predicted molar refractivity (Wildman–Crippen MR) is 68.7 cm³/mol. The van der Waals surface area contributed by atoms with Crippen molar-refractivity contribution >= 4 is 0 Å². The van der Waals surface area contributed by atoms with Crippen LogP contribution in [-0.4, -0.2) is 27.8 Å². The third kappa shape index (κ3) is 3.53. The monoisotopic (exact) mass is 236 g/mol. The smallest absolute Gasteiger partial charge is 0.137 e. The van der Waals surface area contributed by atoms with Gasteiger partial charge in [0, 0.05) is 12.5 Å². The maximum absolute atomic E-state index is 4.13. The normalized spacial score (nSPS) is 27.5. The van der Waals surface area contributed by atoms with E-state index in [0.29, 0.717) is 11.5 Å². The van der Waals surface area contributed by atoms with Crippen molar-refractivity contribution in [3.05, 3.63) is 12.2 Å². The van der Waals surface area contributed by atoms with Crippen LogP contribution < -0.4 is 5.32 Å². The number of H-pyrrole nitrogens is 1. The number of nitrogens with one attached hydrogen (secondary N) is 2. The zero-order valence-electron chi connectivity index (χ0n) is 11.2. The second-order valence-electron chi connectivity index (χ2n) is 6.15. The third-order valence-electron chi connectivity index (χ3n) is 3.80. The second kappa shape index (κ2) is 5.17. The van der Waals surface area contributed by atoms with E-state index in [1.807, 2.05) is 0 Å². The molecule has 2 rings (SSSR count). The van der Waals surface area contributed by atoms with Gasteiger partial charge in [-0.2, -0.15) is 5.10 Å². The number of rotatable bonds is 5. The lowest BCUT2D eigenvalue weighted by atomic mass is 9.91. The molecule has 0 aromatic carbocycles. The van der Waals surface area contributed by atoms with Crippen molar-refractivity contribution in [1.29, 1.82) is 0 Å². The standard InChI is InChI=1S/C13H24N4/c1-10-7-13(2,3)8-11(10)14-6-4-5-12-15-9-16-17-12/h9-11,14H,4-8H2,1-3H3,(H,15,16,17). The molecule has 0 bridgehead atoms. The average molecular weight is 236 g/mol. The molecule has 1 aliphatic carbocycles. The first-order valence-electron chi connectivity index (χ1n) is 6.64. The molecule has 0 radical (unpaired) electrons. The molecule has 1 aromatic rings. The highest BCUT2D eigenvalue weighted by atomic mass is 15.2. The van der Waals surface area contributed by atoms with Gasteiger partial charge < -0.3 is 5.32 Å². The zero-order chi connectivity index (χ0) is 12.3. The highest BCUT2D eigenvalue weighted by molar-refractivity contribution is 4.91. The van der Waals surface area contributed by atoms with Crippen molar-refractivity contribution in [2.24, 2.45) is 11.3 Å². The molecular formula is C13H24N4. The number of hydrogen-bond acceptors (Lipinski definition) is 3. The lowest BCUT2D eigenvalue weighted by Crippen LogP contribution is -2.32. The molecule has 17 heavy (non-hydrogen) atoms. The van der Waals surface area contributed by atoms with Gasteiger partial charge in [-0.15, -0.1) is 0 Å². The Bertz CT molecular complexity index is 331. The first-order chi connectivity index (χ1) is 8.07. The molecule has 1 aliphatic rings. The SMILES string of the molecule is CC1CC(C)(C)CC1NCCCc1ncn[nH]1. The molecule has 2 N–H and O–H groups in total. The Labute approximate surface area is 104 Å². The largest absolute Gasteiger partial charge is 0.314 e. The van der Waals surface area contributed by atoms with Crippen LogP contribution in [0.1, 0.15) is 45.9 Å². The highest BCUT2D eigenvalue weighted by Gasteiger charge is 2.35. The van der Waals surface area contributed by atoms with Gasteiger partial charge in [0.05, 0.1) is 0 Å². The van der Waals surface area contributed by atoms with Crippen molar-refractivity contribution in [2.45, 2.75) is 52.5 Å². The van der Waals surface area contributed by atoms with Crippen LogP contribution in [0.3, 0.4) is 0 Å². The molecule has 0 saturated heterocycles. The summed E-state index contributed by atoms with van der Waals surface area (Å²) in [5.74, 6) is 1.79. The third-order valence-corrected chi connectivity index (χ3v) is 3.80. The molecule has 0 spiro atoms. The number of aromatic nitrogens is 3. The molecule has 1 aromatic heterocycles. The van der Waals surface area contributed by atoms with Crippen LogP contribution in [0.15, 0.2) is 6.33 Å². The van der Waals surface area contributed by atoms with Gasteiger partial charge in [0.2, 0.25) is 0 Å². The van der Waals surface area contributed by atoms with Gasteiger partial charge in [0.15, 0.2) is 0 Å². The zero-order valence-corrected chi connectivity index (χ0v) is 11.2. The van der Waals surface area contributed by atoms with Gasteiger partial charge in [0.1, 0.15) is 12.2 Å². The Morgan fingerprint density at radius 2 is 2.29 bits per heavy atom. The maximum Gasteiger partial charge on any atom is 0.137 e. The van der Waals surface area contributed by atoms with E-state index in [9.17, 15) is 0 Å². The quantitative estimate of drug-likeness (QED) is 0.770. The van der Waals surface area contributed by atoms with Gasteiger partial charge >= 0.3 is 0 Å². The van der Waals surface area contributed by atoms with Crippen LogP contribution >= 0.6 is 0 Å². The van der Waals surface area contributed by atoms with Crippen LogP contribution in [0.4, 0.5) is 0 Å². The summed E-state index contributed by atoms with van der Waals surface area (Å²) in [6.07, 6.45) is 6.32. The lowest BCUT2D eigenvalue weighted by molar-refractivity contribution is 0.362. The van der Waals surface area contributed by atoms with Crippen molar-refractivity contribution in [3.63, 3.8) is 0 Å². The van der Waals surface area contributed by atoms with Gasteiger partial charge in [-0.05, 0) is 37.1 Å². The molecule has 1 fully saturated rings. The van der Waals surface area contributed by atoms with Crippen LogP contribution in [0.2, 0.25) is 0 Å². The number of aromatic amines is 1. The molecule has 96 valence electrons. The van der Waals surface area contributed by atoms with Crippen LogP contribution in [-0.2, 0) is 6.42 Å². The van der Waals surface area contributed by atoms with Crippen LogP contribution in [0, 0.1) is 11.3 Å². The summed E-state index contributed by atoms with van der Waals surface area (Å²) in [4.78, 5) is 4.13. The Balaban J connectivity index is 1.66. The fourth-order valence-corrected chi connectivity index (χ4v) is 3.06. The first kappa shape index (κ1) is 12.6. The van der Waals surface area contributed by atoms with E-state index in [1.165, 1.54) is 12.8 Å². The Morgan fingerprint density at radius 3 is 2.88 bits per heavy atom. The average Bonchev–Trinajstić information content (AvgIpc) is 2.81. The van der Waals surface area contributed by atoms with Crippen molar-refractivity contribution in [1.82, 2.24) is 20.5 Å². The molecule has 4 heteroatoms. The Hall–Kier alpha value is -0.900. The topological polar surface area (TPSA) is 53.6 Å². The highest BCUT2D eigenvalue weighted by Crippen LogP contribution is 2.40. The minimum atomic E-state index is 0.516. The summed E-state index contributed by atoms with van der Waals surface area (Å²) in [6.45, 7) is 8.19. The van der Waals surface area contributed by atoms with Crippen LogP contribution in [0.25, 0.3) is 0 Å². The van der Waals surface area contributed by atoms with E-state index < -0.39 is 0 Å². The molecule has 0 aliphatic heterocycles. The summed E-state index contributed by atoms with van der Waals surface area (Å²) in [6, 6.07) is 0.694. The van der Waals surface area contributed by atoms with Gasteiger partial charge in [-0.1, -0.05) is 20.8 Å². The van der Waals surface area contributed by atoms with E-state index in [1.54, 1.807) is 6.33 Å². The summed E-state index contributed by atoms with van der Waals surface area (Å²) in [5, 5.41) is 10.4. The number of aryl methyl sites for hydroxylation is 1. The Kier molecular flexibility index (Phi) is 3.82. The van der Waals surface area contributed by atoms with Crippen molar-refractivity contribution in [3.8, 4) is 0 Å². The first-order valence-corrected chi connectivity index (χ1v) is 6.64. The van der Waals surface area contributed by atoms with E-state index in [2.05, 4.69) is 41.3 Å². The molecule has 1 saturated carbocycles. The molecule has 4 nitrogen and oxygen atoms in total. The summed E-state index contributed by atoms with van der Waals surface area (Å²) < 4.78 is 0. The second-order valence-corrected chi connectivity index (χ2v) is 6.15. The summed E-state index contributed by atoms with van der Waals surface area (Å²) in [7, 11) is 0. The maximum atomic E-state index is 4.13. The van der Waals surface area contributed by atoms with E-state index >= 15 is 0 Å². The number of nitrogens with zero attached hydrogens (tertiary/aromatic N) is 2. The lowest BCUT2D eigenvalue weighted by Gasteiger charge is -2.18. The minimum absolute atomic E-state index is 0.516. The van der Waals surface area contributed by atoms with E-state index in [4.69, 9.17) is 0 Å². The minimum Gasteiger partial charge on any atom is -0.314 e. The fourth-order valence-electron chi connectivity index (χ4n) is 3.06. The van der Waals surface area contributed by atoms with Crippen molar-refractivity contribution in [2.75, 3.05) is 6.54 Å². The fraction of sp³-hybridized carbons (Fsp3) is 0.846. The Morgan fingerprint density at radius 1 is 1.47 bits per heavy atom. The van der Waals surface area contributed by atoms with Gasteiger partial charge in [-0.25, -0.2) is 4.98 Å². The molecule has 2 unspecified atom stereocenters. The van der Waals surface area contributed by atoms with Crippen LogP contribution in [0.5, 0.6) is 0 Å². The molecule has 2 atom stereocenters.